The number of methoxy groups -OCH3 is 1. The number of nitrogen functional groups attached to an aromatic ring is 2. The van der Waals surface area contributed by atoms with Gasteiger partial charge in [-0.15, -0.1) is 0 Å². The standard InChI is InChI=1S/C15H16N4O2Se.C7H9N3.C7H9NO2Se/c1-7-8(2)18-13-12(7)14(17-6-16-13)19-10-5-11(15(20)21-4)22-9(10)3;1-4-5(2)10-7(9)6(4)3-8;1-5-7(8)2-6(11-5)3-10-4-9/h5-6H,1-4H3,(H2,16,17,18,19);10H,9H2,1-2H3;2,4H,3,8H2,1H3. The third-order valence-corrected chi connectivity index (χ3v) is 10.9. The molecule has 226 valence electrons. The maximum atomic E-state index is 11.7. The minimum atomic E-state index is -0.266. The van der Waals surface area contributed by atoms with Gasteiger partial charge in [0, 0.05) is 5.69 Å². The first-order valence-corrected chi connectivity index (χ1v) is 16.3. The van der Waals surface area contributed by atoms with E-state index in [1.165, 1.54) is 17.9 Å². The zero-order valence-electron chi connectivity index (χ0n) is 25.0. The average molecular weight is 717 g/mol. The van der Waals surface area contributed by atoms with Crippen LogP contribution in [0.2, 0.25) is 0 Å². The Kier molecular flexibility index (Phi) is 11.4. The zero-order chi connectivity index (χ0) is 31.8. The molecule has 5 rings (SSSR count). The SMILES string of the molecule is COC(=O)c1cc(Nc2ncnc3[nH]c(C)c(C)c23)c(C)[se]1.Cc1[nH]c(N)c(C#N)c1C.Cc1[se]c(COC=O)cc1N. The number of nitrogens with zero attached hydrogens (tertiary/aromatic N) is 3. The first-order chi connectivity index (χ1) is 20.4. The second kappa shape index (κ2) is 14.8. The van der Waals surface area contributed by atoms with Crippen LogP contribution in [0.25, 0.3) is 11.0 Å². The Morgan fingerprint density at radius 2 is 1.74 bits per heavy atom. The number of aromatic amines is 2. The van der Waals surface area contributed by atoms with Crippen LogP contribution in [0.3, 0.4) is 0 Å². The number of nitrogens with two attached hydrogens (primary N) is 2. The van der Waals surface area contributed by atoms with E-state index < -0.39 is 0 Å². The van der Waals surface area contributed by atoms with Crippen LogP contribution < -0.4 is 16.8 Å². The second-order valence-corrected chi connectivity index (χ2v) is 14.9. The van der Waals surface area contributed by atoms with E-state index in [2.05, 4.69) is 30.0 Å². The molecule has 0 atom stereocenters. The molecule has 0 aliphatic heterocycles. The summed E-state index contributed by atoms with van der Waals surface area (Å²) in [4.78, 5) is 36.3. The van der Waals surface area contributed by atoms with Gasteiger partial charge in [-0.2, -0.15) is 5.26 Å². The molecule has 0 aliphatic carbocycles. The van der Waals surface area contributed by atoms with Crippen LogP contribution in [0.15, 0.2) is 18.5 Å². The molecule has 0 fully saturated rings. The topological polar surface area (TPSA) is 198 Å². The summed E-state index contributed by atoms with van der Waals surface area (Å²) in [5.41, 5.74) is 18.3. The predicted octanol–water partition coefficient (Wildman–Crippen LogP) is 3.86. The molecule has 0 radical (unpaired) electrons. The fourth-order valence-corrected chi connectivity index (χ4v) is 7.69. The number of fused-ring (bicyclic) bond motifs is 1. The molecule has 0 aliphatic rings. The number of H-pyrrole nitrogens is 2. The van der Waals surface area contributed by atoms with Crippen molar-refractivity contribution in [2.24, 2.45) is 0 Å². The molecule has 7 N–H and O–H groups in total. The summed E-state index contributed by atoms with van der Waals surface area (Å²) >= 11 is 0.289. The third-order valence-electron chi connectivity index (χ3n) is 6.59. The molecule has 0 unspecified atom stereocenters. The van der Waals surface area contributed by atoms with Crippen molar-refractivity contribution in [1.82, 2.24) is 19.9 Å². The summed E-state index contributed by atoms with van der Waals surface area (Å²) in [6.45, 7) is 12.7. The van der Waals surface area contributed by atoms with Crippen LogP contribution in [0.1, 0.15) is 50.6 Å². The van der Waals surface area contributed by atoms with Crippen molar-refractivity contribution in [2.45, 2.75) is 48.1 Å². The Morgan fingerprint density at radius 1 is 1.05 bits per heavy atom. The van der Waals surface area contributed by atoms with Crippen molar-refractivity contribution in [1.29, 1.82) is 5.26 Å². The number of rotatable bonds is 6. The first kappa shape index (κ1) is 33.2. The number of ether oxygens (including phenoxy) is 2. The molecule has 5 aromatic rings. The monoisotopic (exact) mass is 718 g/mol. The Bertz CT molecular complexity index is 1770. The van der Waals surface area contributed by atoms with Gasteiger partial charge >= 0.3 is 204 Å². The van der Waals surface area contributed by atoms with Gasteiger partial charge in [-0.25, -0.2) is 0 Å². The van der Waals surface area contributed by atoms with E-state index in [0.717, 1.165) is 59.6 Å². The van der Waals surface area contributed by atoms with E-state index >= 15 is 0 Å². The fourth-order valence-electron chi connectivity index (χ4n) is 3.96. The summed E-state index contributed by atoms with van der Waals surface area (Å²) in [6, 6.07) is 5.77. The van der Waals surface area contributed by atoms with E-state index in [1.807, 2.05) is 59.7 Å². The van der Waals surface area contributed by atoms with Crippen LogP contribution in [0, 0.1) is 52.9 Å². The number of aryl methyl sites for hydroxylation is 5. The van der Waals surface area contributed by atoms with Gasteiger partial charge in [-0.3, -0.25) is 0 Å². The molecule has 0 aromatic carbocycles. The van der Waals surface area contributed by atoms with Crippen molar-refractivity contribution in [3.05, 3.63) is 64.3 Å². The number of nitrogens with one attached hydrogen (secondary N) is 3. The van der Waals surface area contributed by atoms with Gasteiger partial charge < -0.3 is 10.7 Å². The van der Waals surface area contributed by atoms with E-state index in [0.29, 0.717) is 43.4 Å². The van der Waals surface area contributed by atoms with Gasteiger partial charge in [-0.05, 0) is 19.4 Å². The number of aromatic nitrogens is 4. The normalized spacial score (nSPS) is 10.2. The average Bonchev–Trinajstić information content (AvgIpc) is 3.67. The maximum absolute atomic E-state index is 11.7. The Morgan fingerprint density at radius 3 is 2.28 bits per heavy atom. The molecular weight excluding hydrogens is 682 g/mol. The number of hydrogen-bond acceptors (Lipinski definition) is 10. The number of hydrogen-bond donors (Lipinski definition) is 5. The van der Waals surface area contributed by atoms with Crippen molar-refractivity contribution >= 4 is 75.5 Å². The summed E-state index contributed by atoms with van der Waals surface area (Å²) in [6.07, 6.45) is 1.53. The quantitative estimate of drug-likeness (QED) is 0.0978. The second-order valence-electron chi connectivity index (χ2n) is 9.42. The van der Waals surface area contributed by atoms with Gasteiger partial charge in [0.1, 0.15) is 11.9 Å². The van der Waals surface area contributed by atoms with Crippen LogP contribution in [0.5, 0.6) is 0 Å². The molecule has 0 spiro atoms. The van der Waals surface area contributed by atoms with Gasteiger partial charge in [0.05, 0.1) is 5.56 Å². The molecule has 0 amide bonds. The Balaban J connectivity index is 0.000000201. The van der Waals surface area contributed by atoms with Crippen LogP contribution in [-0.2, 0) is 20.9 Å². The van der Waals surface area contributed by atoms with E-state index in [4.69, 9.17) is 21.5 Å². The van der Waals surface area contributed by atoms with E-state index in [9.17, 15) is 9.59 Å². The van der Waals surface area contributed by atoms with Crippen molar-refractivity contribution in [3.8, 4) is 6.07 Å². The van der Waals surface area contributed by atoms with Crippen molar-refractivity contribution in [3.63, 3.8) is 0 Å². The molecule has 43 heavy (non-hydrogen) atoms. The van der Waals surface area contributed by atoms with Gasteiger partial charge in [0.2, 0.25) is 0 Å². The molecule has 14 heteroatoms. The molecule has 5 heterocycles. The Labute approximate surface area is 261 Å². The van der Waals surface area contributed by atoms with Crippen LogP contribution in [0.4, 0.5) is 23.0 Å². The van der Waals surface area contributed by atoms with Crippen molar-refractivity contribution < 1.29 is 19.1 Å². The van der Waals surface area contributed by atoms with E-state index in [-0.39, 0.29) is 20.5 Å². The molecule has 12 nitrogen and oxygen atoms in total. The van der Waals surface area contributed by atoms with Crippen LogP contribution in [-0.4, -0.2) is 68.5 Å². The predicted molar refractivity (Wildman–Crippen MR) is 169 cm³/mol. The number of carbonyl (C=O) groups is 2. The zero-order valence-corrected chi connectivity index (χ0v) is 28.4. The number of anilines is 4. The molecule has 5 aromatic heterocycles. The summed E-state index contributed by atoms with van der Waals surface area (Å²) in [5, 5.41) is 12.9. The molecular formula is C29H34N8O4Se2. The van der Waals surface area contributed by atoms with Crippen LogP contribution >= 0.6 is 0 Å². The first-order valence-electron chi connectivity index (χ1n) is 12.9. The number of nitriles is 1. The van der Waals surface area contributed by atoms with Gasteiger partial charge in [0.25, 0.3) is 0 Å². The fraction of sp³-hybridized carbons (Fsp3) is 0.276. The van der Waals surface area contributed by atoms with Gasteiger partial charge in [0.15, 0.2) is 0 Å². The Hall–Kier alpha value is -4.27. The van der Waals surface area contributed by atoms with Gasteiger partial charge in [-0.1, -0.05) is 0 Å². The molecule has 0 saturated heterocycles. The summed E-state index contributed by atoms with van der Waals surface area (Å²) in [5.74, 6) is 0.953. The summed E-state index contributed by atoms with van der Waals surface area (Å²) < 4.78 is 13.6. The third kappa shape index (κ3) is 7.97. The number of carbonyl (C=O) groups excluding carboxylic acids is 2. The van der Waals surface area contributed by atoms with Crippen molar-refractivity contribution in [2.75, 3.05) is 23.9 Å². The minimum absolute atomic E-state index is 0.00925. The van der Waals surface area contributed by atoms with E-state index in [1.54, 1.807) is 0 Å². The number of esters is 1. The molecule has 0 saturated carbocycles. The summed E-state index contributed by atoms with van der Waals surface area (Å²) in [7, 11) is 1.40. The molecule has 0 bridgehead atoms.